The third kappa shape index (κ3) is 8.08. The summed E-state index contributed by atoms with van der Waals surface area (Å²) in [6.45, 7) is 13.7. The summed E-state index contributed by atoms with van der Waals surface area (Å²) in [6, 6.07) is 13.0. The molecule has 1 atom stereocenters. The van der Waals surface area contributed by atoms with Gasteiger partial charge >= 0.3 is 0 Å². The largest absolute Gasteiger partial charge is 0.361 e. The Morgan fingerprint density at radius 2 is 1.94 bits per heavy atom. The van der Waals surface area contributed by atoms with E-state index in [0.717, 1.165) is 69.8 Å². The molecule has 1 unspecified atom stereocenters. The molecule has 1 saturated heterocycles. The predicted octanol–water partition coefficient (Wildman–Crippen LogP) is 3.20. The van der Waals surface area contributed by atoms with Gasteiger partial charge in [-0.25, -0.2) is 0 Å². The normalized spacial score (nSPS) is 16.3. The number of aromatic nitrogens is 1. The second-order valence-corrected chi connectivity index (χ2v) is 8.14. The van der Waals surface area contributed by atoms with Crippen LogP contribution in [0.3, 0.4) is 0 Å². The summed E-state index contributed by atoms with van der Waals surface area (Å²) in [7, 11) is 2.17. The monoisotopic (exact) mass is 540 g/mol. The molecule has 1 aliphatic rings. The van der Waals surface area contributed by atoms with Crippen molar-refractivity contribution in [3.8, 4) is 0 Å². The maximum atomic E-state index is 5.19. The van der Waals surface area contributed by atoms with Crippen molar-refractivity contribution in [1.29, 1.82) is 0 Å². The van der Waals surface area contributed by atoms with Gasteiger partial charge in [0, 0.05) is 57.9 Å². The zero-order valence-electron chi connectivity index (χ0n) is 19.3. The van der Waals surface area contributed by atoms with Crippen LogP contribution in [0.15, 0.2) is 45.9 Å². The molecular weight excluding hydrogens is 503 g/mol. The summed E-state index contributed by atoms with van der Waals surface area (Å²) < 4.78 is 5.19. The molecule has 1 aromatic carbocycles. The smallest absolute Gasteiger partial charge is 0.194 e. The fraction of sp³-hybridized carbons (Fsp3) is 0.565. The average Bonchev–Trinajstić information content (AvgIpc) is 3.16. The van der Waals surface area contributed by atoms with Crippen molar-refractivity contribution in [3.05, 3.63) is 53.4 Å². The zero-order valence-corrected chi connectivity index (χ0v) is 21.6. The third-order valence-corrected chi connectivity index (χ3v) is 5.60. The number of rotatable bonds is 8. The van der Waals surface area contributed by atoms with Crippen LogP contribution in [0.1, 0.15) is 30.9 Å². The molecule has 1 N–H and O–H groups in total. The number of benzene rings is 1. The molecule has 7 nitrogen and oxygen atoms in total. The van der Waals surface area contributed by atoms with Crippen LogP contribution in [0.4, 0.5) is 0 Å². The summed E-state index contributed by atoms with van der Waals surface area (Å²) in [5, 5.41) is 7.59. The first-order chi connectivity index (χ1) is 14.5. The number of nitrogens with one attached hydrogen (secondary N) is 1. The van der Waals surface area contributed by atoms with Crippen LogP contribution in [-0.4, -0.2) is 78.2 Å². The number of aryl methyl sites for hydroxylation is 1. The van der Waals surface area contributed by atoms with Crippen LogP contribution in [0.5, 0.6) is 0 Å². The SMILES string of the molecule is CCNC(=NCC(C)N(C)Cc1ccccc1)N1CCN(Cc2cc(C)on2)CC1.I. The Balaban J connectivity index is 0.00000341. The number of likely N-dealkylation sites (N-methyl/N-ethyl adjacent to an activating group) is 1. The second-order valence-electron chi connectivity index (χ2n) is 8.14. The Bertz CT molecular complexity index is 788. The molecule has 0 bridgehead atoms. The molecule has 1 aliphatic heterocycles. The number of piperazine rings is 1. The quantitative estimate of drug-likeness (QED) is 0.316. The molecule has 0 radical (unpaired) electrons. The Kier molecular flexibility index (Phi) is 10.8. The van der Waals surface area contributed by atoms with Gasteiger partial charge in [-0.3, -0.25) is 14.8 Å². The predicted molar refractivity (Wildman–Crippen MR) is 137 cm³/mol. The first-order valence-corrected chi connectivity index (χ1v) is 11.0. The van der Waals surface area contributed by atoms with Crippen LogP contribution in [0.2, 0.25) is 0 Å². The van der Waals surface area contributed by atoms with Crippen LogP contribution in [-0.2, 0) is 13.1 Å². The lowest BCUT2D eigenvalue weighted by atomic mass is 10.2. The minimum atomic E-state index is 0. The summed E-state index contributed by atoms with van der Waals surface area (Å²) in [4.78, 5) is 12.1. The highest BCUT2D eigenvalue weighted by atomic mass is 127. The Hall–Kier alpha value is -1.65. The van der Waals surface area contributed by atoms with Gasteiger partial charge in [-0.05, 0) is 33.4 Å². The van der Waals surface area contributed by atoms with Gasteiger partial charge in [0.15, 0.2) is 5.96 Å². The van der Waals surface area contributed by atoms with Crippen LogP contribution >= 0.6 is 24.0 Å². The van der Waals surface area contributed by atoms with Gasteiger partial charge in [0.25, 0.3) is 0 Å². The molecule has 1 fully saturated rings. The van der Waals surface area contributed by atoms with E-state index in [1.807, 2.05) is 13.0 Å². The van der Waals surface area contributed by atoms with Crippen molar-refractivity contribution >= 4 is 29.9 Å². The van der Waals surface area contributed by atoms with E-state index in [9.17, 15) is 0 Å². The Labute approximate surface area is 203 Å². The van der Waals surface area contributed by atoms with E-state index in [-0.39, 0.29) is 24.0 Å². The minimum absolute atomic E-state index is 0. The first kappa shape index (κ1) is 25.6. The van der Waals surface area contributed by atoms with Crippen LogP contribution in [0.25, 0.3) is 0 Å². The molecule has 3 rings (SSSR count). The van der Waals surface area contributed by atoms with Gasteiger partial charge in [-0.15, -0.1) is 24.0 Å². The molecule has 0 amide bonds. The third-order valence-electron chi connectivity index (χ3n) is 5.60. The van der Waals surface area contributed by atoms with Crippen molar-refractivity contribution < 1.29 is 4.52 Å². The summed E-state index contributed by atoms with van der Waals surface area (Å²) in [6.07, 6.45) is 0. The molecule has 2 heterocycles. The fourth-order valence-electron chi connectivity index (χ4n) is 3.65. The van der Waals surface area contributed by atoms with Gasteiger partial charge in [0.2, 0.25) is 0 Å². The lowest BCUT2D eigenvalue weighted by molar-refractivity contribution is 0.168. The molecule has 1 aromatic heterocycles. The molecule has 0 saturated carbocycles. The Morgan fingerprint density at radius 3 is 2.55 bits per heavy atom. The van der Waals surface area contributed by atoms with Crippen molar-refractivity contribution in [1.82, 2.24) is 25.2 Å². The van der Waals surface area contributed by atoms with Gasteiger partial charge in [0.1, 0.15) is 5.76 Å². The number of aliphatic imine (C=N–C) groups is 1. The molecule has 31 heavy (non-hydrogen) atoms. The maximum absolute atomic E-state index is 5.19. The molecule has 8 heteroatoms. The first-order valence-electron chi connectivity index (χ1n) is 11.0. The van der Waals surface area contributed by atoms with Crippen molar-refractivity contribution in [2.24, 2.45) is 4.99 Å². The van der Waals surface area contributed by atoms with Crippen molar-refractivity contribution in [2.75, 3.05) is 46.3 Å². The molecule has 172 valence electrons. The van der Waals surface area contributed by atoms with Crippen LogP contribution < -0.4 is 5.32 Å². The second kappa shape index (κ2) is 13.0. The maximum Gasteiger partial charge on any atom is 0.194 e. The molecular formula is C23H37IN6O. The van der Waals surface area contributed by atoms with E-state index in [2.05, 4.69) is 76.4 Å². The van der Waals surface area contributed by atoms with Gasteiger partial charge in [-0.1, -0.05) is 35.5 Å². The van der Waals surface area contributed by atoms with Gasteiger partial charge in [-0.2, -0.15) is 0 Å². The molecule has 0 spiro atoms. The molecule has 0 aliphatic carbocycles. The number of nitrogens with zero attached hydrogens (tertiary/aromatic N) is 5. The number of hydrogen-bond donors (Lipinski definition) is 1. The van der Waals surface area contributed by atoms with E-state index in [0.29, 0.717) is 6.04 Å². The van der Waals surface area contributed by atoms with E-state index >= 15 is 0 Å². The highest BCUT2D eigenvalue weighted by molar-refractivity contribution is 14.0. The number of guanidine groups is 1. The van der Waals surface area contributed by atoms with E-state index in [4.69, 9.17) is 9.52 Å². The standard InChI is InChI=1S/C23H36N6O.HI/c1-5-24-23(25-16-19(2)27(4)17-21-9-7-6-8-10-21)29-13-11-28(12-14-29)18-22-15-20(3)30-26-22;/h6-10,15,19H,5,11-14,16-18H2,1-4H3,(H,24,25);1H. The number of hydrogen-bond acceptors (Lipinski definition) is 5. The lowest BCUT2D eigenvalue weighted by Gasteiger charge is -2.36. The fourth-order valence-corrected chi connectivity index (χ4v) is 3.65. The van der Waals surface area contributed by atoms with E-state index < -0.39 is 0 Å². The Morgan fingerprint density at radius 1 is 1.23 bits per heavy atom. The average molecular weight is 540 g/mol. The van der Waals surface area contributed by atoms with Gasteiger partial charge < -0.3 is 14.7 Å². The summed E-state index contributed by atoms with van der Waals surface area (Å²) >= 11 is 0. The highest BCUT2D eigenvalue weighted by Crippen LogP contribution is 2.10. The van der Waals surface area contributed by atoms with Crippen LogP contribution in [0, 0.1) is 6.92 Å². The lowest BCUT2D eigenvalue weighted by Crippen LogP contribution is -2.52. The van der Waals surface area contributed by atoms with E-state index in [1.165, 1.54) is 5.56 Å². The summed E-state index contributed by atoms with van der Waals surface area (Å²) in [5.41, 5.74) is 2.35. The summed E-state index contributed by atoms with van der Waals surface area (Å²) in [5.74, 6) is 1.89. The molecule has 2 aromatic rings. The topological polar surface area (TPSA) is 60.1 Å². The van der Waals surface area contributed by atoms with Crippen molar-refractivity contribution in [3.63, 3.8) is 0 Å². The van der Waals surface area contributed by atoms with Crippen molar-refractivity contribution in [2.45, 2.75) is 39.9 Å². The van der Waals surface area contributed by atoms with E-state index in [1.54, 1.807) is 0 Å². The number of halogens is 1. The van der Waals surface area contributed by atoms with Gasteiger partial charge in [0.05, 0.1) is 12.2 Å². The minimum Gasteiger partial charge on any atom is -0.361 e. The zero-order chi connectivity index (χ0) is 21.3. The highest BCUT2D eigenvalue weighted by Gasteiger charge is 2.21.